The van der Waals surface area contributed by atoms with Crippen molar-refractivity contribution in [3.05, 3.63) is 52.2 Å². The van der Waals surface area contributed by atoms with E-state index in [-0.39, 0.29) is 11.2 Å². The van der Waals surface area contributed by atoms with Gasteiger partial charge in [-0.05, 0) is 69.5 Å². The van der Waals surface area contributed by atoms with Gasteiger partial charge >= 0.3 is 0 Å². The van der Waals surface area contributed by atoms with E-state index in [1.54, 1.807) is 0 Å². The van der Waals surface area contributed by atoms with Gasteiger partial charge in [0.1, 0.15) is 11.1 Å². The number of thioether (sulfide) groups is 1. The van der Waals surface area contributed by atoms with Crippen LogP contribution in [-0.2, 0) is 4.79 Å². The number of amides is 1. The maximum atomic E-state index is 12.4. The molecule has 4 nitrogen and oxygen atoms in total. The van der Waals surface area contributed by atoms with Crippen LogP contribution in [0.15, 0.2) is 29.3 Å². The van der Waals surface area contributed by atoms with E-state index in [0.29, 0.717) is 10.6 Å². The number of carbonyl (C=O) groups is 1. The van der Waals surface area contributed by atoms with Crippen molar-refractivity contribution in [3.8, 4) is 6.07 Å². The van der Waals surface area contributed by atoms with Gasteiger partial charge in [0, 0.05) is 11.4 Å². The Morgan fingerprint density at radius 3 is 2.50 bits per heavy atom. The van der Waals surface area contributed by atoms with E-state index in [2.05, 4.69) is 16.4 Å². The van der Waals surface area contributed by atoms with Crippen molar-refractivity contribution in [1.82, 2.24) is 4.98 Å². The smallest absolute Gasteiger partial charge is 0.237 e. The molecule has 0 spiro atoms. The number of rotatable bonds is 4. The van der Waals surface area contributed by atoms with E-state index in [1.807, 2.05) is 58.9 Å². The summed E-state index contributed by atoms with van der Waals surface area (Å²) in [4.78, 5) is 16.9. The van der Waals surface area contributed by atoms with Crippen LogP contribution in [0, 0.1) is 39.0 Å². The number of carbonyl (C=O) groups excluding carboxylic acids is 1. The second kappa shape index (κ2) is 7.50. The number of pyridine rings is 1. The molecule has 0 aliphatic carbocycles. The van der Waals surface area contributed by atoms with Crippen LogP contribution in [0.3, 0.4) is 0 Å². The van der Waals surface area contributed by atoms with Gasteiger partial charge in [-0.2, -0.15) is 5.26 Å². The van der Waals surface area contributed by atoms with Gasteiger partial charge in [0.15, 0.2) is 0 Å². The van der Waals surface area contributed by atoms with E-state index < -0.39 is 0 Å². The van der Waals surface area contributed by atoms with E-state index in [4.69, 9.17) is 0 Å². The van der Waals surface area contributed by atoms with Gasteiger partial charge in [0.2, 0.25) is 5.91 Å². The minimum Gasteiger partial charge on any atom is -0.325 e. The maximum absolute atomic E-state index is 12.4. The topological polar surface area (TPSA) is 65.8 Å². The normalized spacial score (nSPS) is 11.7. The summed E-state index contributed by atoms with van der Waals surface area (Å²) in [5.74, 6) is -0.104. The Hall–Kier alpha value is -2.32. The molecule has 0 fully saturated rings. The Morgan fingerprint density at radius 2 is 1.88 bits per heavy atom. The molecule has 1 N–H and O–H groups in total. The molecule has 0 aliphatic rings. The Labute approximate surface area is 147 Å². The van der Waals surface area contributed by atoms with Gasteiger partial charge < -0.3 is 5.32 Å². The fraction of sp³-hybridized carbons (Fsp3) is 0.316. The van der Waals surface area contributed by atoms with E-state index in [0.717, 1.165) is 22.5 Å². The number of nitriles is 1. The highest BCUT2D eigenvalue weighted by Gasteiger charge is 2.19. The molecule has 2 aromatic rings. The first-order valence-electron chi connectivity index (χ1n) is 7.75. The summed E-state index contributed by atoms with van der Waals surface area (Å²) in [7, 11) is 0. The Balaban J connectivity index is 2.15. The van der Waals surface area contributed by atoms with Crippen molar-refractivity contribution < 1.29 is 4.79 Å². The van der Waals surface area contributed by atoms with Crippen molar-refractivity contribution >= 4 is 23.4 Å². The van der Waals surface area contributed by atoms with Crippen LogP contribution >= 0.6 is 11.8 Å². The molecule has 0 radical (unpaired) electrons. The summed E-state index contributed by atoms with van der Waals surface area (Å²) in [6.45, 7) is 9.65. The summed E-state index contributed by atoms with van der Waals surface area (Å²) in [5.41, 5.74) is 5.37. The van der Waals surface area contributed by atoms with Crippen molar-refractivity contribution in [2.45, 2.75) is 44.9 Å². The average molecular weight is 339 g/mol. The van der Waals surface area contributed by atoms with Gasteiger partial charge in [-0.3, -0.25) is 4.79 Å². The standard InChI is InChI=1S/C19H21N3OS/c1-11-6-7-16(9-12(11)2)22-18(23)15(5)24-19-17(10-20)13(3)8-14(4)21-19/h6-9,15H,1-5H3,(H,22,23). The SMILES string of the molecule is Cc1cc(C)c(C#N)c(SC(C)C(=O)Nc2ccc(C)c(C)c2)n1. The summed E-state index contributed by atoms with van der Waals surface area (Å²) in [5, 5.41) is 12.5. The van der Waals surface area contributed by atoms with E-state index >= 15 is 0 Å². The third-order valence-corrected chi connectivity index (χ3v) is 4.94. The van der Waals surface area contributed by atoms with Crippen LogP contribution < -0.4 is 5.32 Å². The minimum atomic E-state index is -0.354. The molecule has 0 saturated carbocycles. The molecule has 0 saturated heterocycles. The summed E-state index contributed by atoms with van der Waals surface area (Å²) >= 11 is 1.31. The molecule has 124 valence electrons. The number of nitrogens with zero attached hydrogens (tertiary/aromatic N) is 2. The molecular formula is C19H21N3OS. The predicted octanol–water partition coefficient (Wildman–Crippen LogP) is 4.31. The fourth-order valence-electron chi connectivity index (χ4n) is 2.31. The van der Waals surface area contributed by atoms with Crippen LogP contribution in [0.25, 0.3) is 0 Å². The van der Waals surface area contributed by atoms with Gasteiger partial charge in [-0.1, -0.05) is 17.8 Å². The second-order valence-electron chi connectivity index (χ2n) is 5.92. The van der Waals surface area contributed by atoms with Crippen molar-refractivity contribution in [2.24, 2.45) is 0 Å². The summed E-state index contributed by atoms with van der Waals surface area (Å²) < 4.78 is 0. The highest BCUT2D eigenvalue weighted by molar-refractivity contribution is 8.00. The molecular weight excluding hydrogens is 318 g/mol. The number of anilines is 1. The number of nitrogens with one attached hydrogen (secondary N) is 1. The Morgan fingerprint density at radius 1 is 1.17 bits per heavy atom. The van der Waals surface area contributed by atoms with Gasteiger partial charge in [0.25, 0.3) is 0 Å². The van der Waals surface area contributed by atoms with E-state index in [9.17, 15) is 10.1 Å². The summed E-state index contributed by atoms with van der Waals surface area (Å²) in [6, 6.07) is 9.90. The summed E-state index contributed by atoms with van der Waals surface area (Å²) in [6.07, 6.45) is 0. The number of aryl methyl sites for hydroxylation is 4. The highest BCUT2D eigenvalue weighted by atomic mass is 32.2. The molecule has 2 rings (SSSR count). The number of hydrogen-bond donors (Lipinski definition) is 1. The molecule has 5 heteroatoms. The molecule has 1 aromatic carbocycles. The minimum absolute atomic E-state index is 0.104. The average Bonchev–Trinajstić information content (AvgIpc) is 2.50. The van der Waals surface area contributed by atoms with Gasteiger partial charge in [0.05, 0.1) is 10.8 Å². The Kier molecular flexibility index (Phi) is 5.63. The predicted molar refractivity (Wildman–Crippen MR) is 98.3 cm³/mol. The molecule has 1 heterocycles. The number of aromatic nitrogens is 1. The molecule has 1 unspecified atom stereocenters. The quantitative estimate of drug-likeness (QED) is 0.843. The van der Waals surface area contributed by atoms with Crippen molar-refractivity contribution in [3.63, 3.8) is 0 Å². The molecule has 0 aliphatic heterocycles. The van der Waals surface area contributed by atoms with Crippen LogP contribution in [0.5, 0.6) is 0 Å². The van der Waals surface area contributed by atoms with E-state index in [1.165, 1.54) is 17.3 Å². The lowest BCUT2D eigenvalue weighted by Gasteiger charge is -2.14. The van der Waals surface area contributed by atoms with Gasteiger partial charge in [-0.15, -0.1) is 0 Å². The molecule has 0 bridgehead atoms. The lowest BCUT2D eigenvalue weighted by atomic mass is 10.1. The highest BCUT2D eigenvalue weighted by Crippen LogP contribution is 2.28. The first-order chi connectivity index (χ1) is 11.3. The number of hydrogen-bond acceptors (Lipinski definition) is 4. The second-order valence-corrected chi connectivity index (χ2v) is 7.25. The largest absolute Gasteiger partial charge is 0.325 e. The van der Waals surface area contributed by atoms with Crippen molar-refractivity contribution in [1.29, 1.82) is 5.26 Å². The Bertz CT molecular complexity index is 824. The lowest BCUT2D eigenvalue weighted by Crippen LogP contribution is -2.22. The number of benzene rings is 1. The van der Waals surface area contributed by atoms with Crippen LogP contribution in [-0.4, -0.2) is 16.1 Å². The van der Waals surface area contributed by atoms with Gasteiger partial charge in [-0.25, -0.2) is 4.98 Å². The van der Waals surface area contributed by atoms with Crippen LogP contribution in [0.2, 0.25) is 0 Å². The molecule has 1 aromatic heterocycles. The first kappa shape index (κ1) is 18.0. The van der Waals surface area contributed by atoms with Crippen LogP contribution in [0.1, 0.15) is 34.9 Å². The zero-order valence-electron chi connectivity index (χ0n) is 14.6. The fourth-order valence-corrected chi connectivity index (χ4v) is 3.33. The maximum Gasteiger partial charge on any atom is 0.237 e. The zero-order chi connectivity index (χ0) is 17.9. The lowest BCUT2D eigenvalue weighted by molar-refractivity contribution is -0.115. The molecule has 1 atom stereocenters. The monoisotopic (exact) mass is 339 g/mol. The first-order valence-corrected chi connectivity index (χ1v) is 8.63. The van der Waals surface area contributed by atoms with Crippen molar-refractivity contribution in [2.75, 3.05) is 5.32 Å². The third-order valence-electron chi connectivity index (χ3n) is 3.86. The third kappa shape index (κ3) is 4.15. The van der Waals surface area contributed by atoms with Crippen LogP contribution in [0.4, 0.5) is 5.69 Å². The molecule has 1 amide bonds. The zero-order valence-corrected chi connectivity index (χ0v) is 15.4. The molecule has 24 heavy (non-hydrogen) atoms.